The molecule has 0 spiro atoms. The maximum atomic E-state index is 4.47. The van der Waals surface area contributed by atoms with E-state index in [2.05, 4.69) is 32.4 Å². The van der Waals surface area contributed by atoms with E-state index in [0.717, 1.165) is 25.2 Å². The summed E-state index contributed by atoms with van der Waals surface area (Å²) >= 11 is 1.65. The van der Waals surface area contributed by atoms with Gasteiger partial charge in [0, 0.05) is 35.8 Å². The van der Waals surface area contributed by atoms with E-state index in [9.17, 15) is 0 Å². The zero-order chi connectivity index (χ0) is 12.4. The first-order valence-electron chi connectivity index (χ1n) is 6.53. The molecule has 2 heterocycles. The summed E-state index contributed by atoms with van der Waals surface area (Å²) < 4.78 is 2.13. The van der Waals surface area contributed by atoms with Crippen LogP contribution in [0.5, 0.6) is 0 Å². The average molecular weight is 262 g/mol. The van der Waals surface area contributed by atoms with E-state index in [0.29, 0.717) is 6.04 Å². The SMILES string of the molecule is CCn1ncc2c1CCC[C@H]2NCc1cscn1. The van der Waals surface area contributed by atoms with Gasteiger partial charge in [0.1, 0.15) is 0 Å². The lowest BCUT2D eigenvalue weighted by Crippen LogP contribution is -2.25. The van der Waals surface area contributed by atoms with Crippen LogP contribution >= 0.6 is 11.3 Å². The van der Waals surface area contributed by atoms with Crippen molar-refractivity contribution in [3.05, 3.63) is 34.0 Å². The number of nitrogens with zero attached hydrogens (tertiary/aromatic N) is 3. The fourth-order valence-corrected chi connectivity index (χ4v) is 3.21. The predicted octanol–water partition coefficient (Wildman–Crippen LogP) is 2.53. The van der Waals surface area contributed by atoms with Gasteiger partial charge in [0.25, 0.3) is 0 Å². The topological polar surface area (TPSA) is 42.7 Å². The first-order chi connectivity index (χ1) is 8.88. The van der Waals surface area contributed by atoms with E-state index >= 15 is 0 Å². The van der Waals surface area contributed by atoms with Crippen LogP contribution in [0.3, 0.4) is 0 Å². The molecule has 0 saturated carbocycles. The number of aryl methyl sites for hydroxylation is 1. The van der Waals surface area contributed by atoms with Crippen LogP contribution in [0.15, 0.2) is 17.1 Å². The maximum absolute atomic E-state index is 4.47. The number of hydrogen-bond acceptors (Lipinski definition) is 4. The molecule has 3 rings (SSSR count). The monoisotopic (exact) mass is 262 g/mol. The third kappa shape index (κ3) is 2.20. The summed E-state index contributed by atoms with van der Waals surface area (Å²) in [4.78, 5) is 4.31. The van der Waals surface area contributed by atoms with E-state index in [1.165, 1.54) is 24.1 Å². The van der Waals surface area contributed by atoms with Gasteiger partial charge in [0.15, 0.2) is 0 Å². The van der Waals surface area contributed by atoms with Crippen LogP contribution < -0.4 is 5.32 Å². The van der Waals surface area contributed by atoms with Crippen LogP contribution in [0.1, 0.15) is 42.8 Å². The second kappa shape index (κ2) is 5.20. The first-order valence-corrected chi connectivity index (χ1v) is 7.47. The lowest BCUT2D eigenvalue weighted by molar-refractivity contribution is 0.446. The van der Waals surface area contributed by atoms with E-state index in [1.54, 1.807) is 11.3 Å². The maximum Gasteiger partial charge on any atom is 0.0795 e. The van der Waals surface area contributed by atoms with Crippen LogP contribution in [0.2, 0.25) is 0 Å². The zero-order valence-electron chi connectivity index (χ0n) is 10.6. The standard InChI is InChI=1S/C13H18N4S/c1-2-17-13-5-3-4-12(11(13)7-16-17)14-6-10-8-18-9-15-10/h7-9,12,14H,2-6H2,1H3/t12-/m1/s1. The average Bonchev–Trinajstić information content (AvgIpc) is 3.05. The van der Waals surface area contributed by atoms with Crippen LogP contribution in [0, 0.1) is 0 Å². The Morgan fingerprint density at radius 3 is 3.28 bits per heavy atom. The van der Waals surface area contributed by atoms with Gasteiger partial charge in [0.2, 0.25) is 0 Å². The van der Waals surface area contributed by atoms with Crippen molar-refractivity contribution >= 4 is 11.3 Å². The van der Waals surface area contributed by atoms with Crippen molar-refractivity contribution < 1.29 is 0 Å². The van der Waals surface area contributed by atoms with Gasteiger partial charge in [-0.1, -0.05) is 0 Å². The lowest BCUT2D eigenvalue weighted by Gasteiger charge is -2.23. The van der Waals surface area contributed by atoms with E-state index < -0.39 is 0 Å². The third-order valence-electron chi connectivity index (χ3n) is 3.58. The van der Waals surface area contributed by atoms with Crippen molar-refractivity contribution in [1.29, 1.82) is 0 Å². The van der Waals surface area contributed by atoms with Crippen molar-refractivity contribution in [1.82, 2.24) is 20.1 Å². The van der Waals surface area contributed by atoms with E-state index in [1.807, 2.05) is 11.7 Å². The molecule has 1 N–H and O–H groups in total. The smallest absolute Gasteiger partial charge is 0.0795 e. The minimum Gasteiger partial charge on any atom is -0.304 e. The predicted molar refractivity (Wildman–Crippen MR) is 72.5 cm³/mol. The molecule has 2 aromatic heterocycles. The van der Waals surface area contributed by atoms with Gasteiger partial charge in [0.05, 0.1) is 17.4 Å². The number of fused-ring (bicyclic) bond motifs is 1. The van der Waals surface area contributed by atoms with E-state index in [4.69, 9.17) is 0 Å². The molecular formula is C13H18N4S. The molecule has 0 amide bonds. The van der Waals surface area contributed by atoms with E-state index in [-0.39, 0.29) is 0 Å². The second-order valence-electron chi connectivity index (χ2n) is 4.67. The van der Waals surface area contributed by atoms with Crippen molar-refractivity contribution in [3.63, 3.8) is 0 Å². The molecule has 96 valence electrons. The molecular weight excluding hydrogens is 244 g/mol. The number of rotatable bonds is 4. The molecule has 1 atom stereocenters. The van der Waals surface area contributed by atoms with Gasteiger partial charge < -0.3 is 5.32 Å². The molecule has 2 aromatic rings. The van der Waals surface area contributed by atoms with Gasteiger partial charge in [-0.3, -0.25) is 4.68 Å². The molecule has 0 aliphatic heterocycles. The fourth-order valence-electron chi connectivity index (χ4n) is 2.66. The highest BCUT2D eigenvalue weighted by Gasteiger charge is 2.23. The first kappa shape index (κ1) is 11.9. The van der Waals surface area contributed by atoms with Gasteiger partial charge >= 0.3 is 0 Å². The molecule has 1 aliphatic carbocycles. The minimum atomic E-state index is 0.441. The molecule has 1 aliphatic rings. The molecule has 4 nitrogen and oxygen atoms in total. The summed E-state index contributed by atoms with van der Waals surface area (Å²) in [5.74, 6) is 0. The van der Waals surface area contributed by atoms with Gasteiger partial charge in [-0.25, -0.2) is 4.98 Å². The molecule has 0 radical (unpaired) electrons. The lowest BCUT2D eigenvalue weighted by atomic mass is 9.93. The van der Waals surface area contributed by atoms with Gasteiger partial charge in [-0.05, 0) is 26.2 Å². The molecule has 0 bridgehead atoms. The van der Waals surface area contributed by atoms with Crippen LogP contribution in [-0.2, 0) is 19.5 Å². The number of thiazole rings is 1. The Morgan fingerprint density at radius 2 is 2.50 bits per heavy atom. The molecule has 0 saturated heterocycles. The van der Waals surface area contributed by atoms with Crippen molar-refractivity contribution in [3.8, 4) is 0 Å². The highest BCUT2D eigenvalue weighted by Crippen LogP contribution is 2.29. The fraction of sp³-hybridized carbons (Fsp3) is 0.538. The Balaban J connectivity index is 1.73. The molecule has 0 fully saturated rings. The van der Waals surface area contributed by atoms with Crippen LogP contribution in [-0.4, -0.2) is 14.8 Å². The molecule has 5 heteroatoms. The summed E-state index contributed by atoms with van der Waals surface area (Å²) in [5, 5.41) is 10.2. The molecule has 18 heavy (non-hydrogen) atoms. The Morgan fingerprint density at radius 1 is 1.56 bits per heavy atom. The van der Waals surface area contributed by atoms with Gasteiger partial charge in [-0.2, -0.15) is 5.10 Å². The van der Waals surface area contributed by atoms with Crippen molar-refractivity contribution in [2.24, 2.45) is 0 Å². The number of nitrogens with one attached hydrogen (secondary N) is 1. The highest BCUT2D eigenvalue weighted by molar-refractivity contribution is 7.07. The Hall–Kier alpha value is -1.20. The highest BCUT2D eigenvalue weighted by atomic mass is 32.1. The summed E-state index contributed by atoms with van der Waals surface area (Å²) in [5.41, 5.74) is 5.83. The Bertz CT molecular complexity index is 503. The Labute approximate surface area is 111 Å². The molecule has 0 unspecified atom stereocenters. The Kier molecular flexibility index (Phi) is 3.43. The minimum absolute atomic E-state index is 0.441. The summed E-state index contributed by atoms with van der Waals surface area (Å²) in [7, 11) is 0. The molecule has 0 aromatic carbocycles. The summed E-state index contributed by atoms with van der Waals surface area (Å²) in [6.45, 7) is 3.97. The zero-order valence-corrected chi connectivity index (χ0v) is 11.4. The summed E-state index contributed by atoms with van der Waals surface area (Å²) in [6, 6.07) is 0.441. The van der Waals surface area contributed by atoms with Crippen LogP contribution in [0.25, 0.3) is 0 Å². The number of hydrogen-bond donors (Lipinski definition) is 1. The van der Waals surface area contributed by atoms with Crippen molar-refractivity contribution in [2.45, 2.75) is 45.3 Å². The third-order valence-corrected chi connectivity index (χ3v) is 4.21. The number of aromatic nitrogens is 3. The van der Waals surface area contributed by atoms with Crippen molar-refractivity contribution in [2.75, 3.05) is 0 Å². The van der Waals surface area contributed by atoms with Crippen LogP contribution in [0.4, 0.5) is 0 Å². The van der Waals surface area contributed by atoms with Gasteiger partial charge in [-0.15, -0.1) is 11.3 Å². The summed E-state index contributed by atoms with van der Waals surface area (Å²) in [6.07, 6.45) is 5.65. The largest absolute Gasteiger partial charge is 0.304 e. The normalized spacial score (nSPS) is 18.8. The quantitative estimate of drug-likeness (QED) is 0.920. The second-order valence-corrected chi connectivity index (χ2v) is 5.39.